The molecule has 1 heterocycles. The molecule has 0 radical (unpaired) electrons. The molecule has 0 spiro atoms. The number of ether oxygens (including phenoxy) is 1. The minimum absolute atomic E-state index is 0.163. The van der Waals surface area contributed by atoms with Crippen LogP contribution in [0, 0.1) is 6.92 Å². The molecule has 0 bridgehead atoms. The predicted octanol–water partition coefficient (Wildman–Crippen LogP) is 4.01. The van der Waals surface area contributed by atoms with Crippen LogP contribution in [0.5, 0.6) is 5.75 Å². The minimum atomic E-state index is 0.163. The van der Waals surface area contributed by atoms with E-state index >= 15 is 0 Å². The van der Waals surface area contributed by atoms with Crippen LogP contribution in [0.1, 0.15) is 42.8 Å². The summed E-state index contributed by atoms with van der Waals surface area (Å²) in [5.74, 6) is 1.87. The summed E-state index contributed by atoms with van der Waals surface area (Å²) in [6.07, 6.45) is 1.70. The molecule has 1 aromatic carbocycles. The van der Waals surface area contributed by atoms with E-state index < -0.39 is 0 Å². The van der Waals surface area contributed by atoms with E-state index in [1.807, 2.05) is 12.1 Å². The van der Waals surface area contributed by atoms with Gasteiger partial charge in [-0.1, -0.05) is 12.1 Å². The zero-order valence-electron chi connectivity index (χ0n) is 11.9. The van der Waals surface area contributed by atoms with Crippen molar-refractivity contribution in [3.05, 3.63) is 53.5 Å². The molecule has 0 saturated heterocycles. The largest absolute Gasteiger partial charge is 0.496 e. The maximum Gasteiger partial charge on any atom is 0.123 e. The Hall–Kier alpha value is -1.74. The van der Waals surface area contributed by atoms with Crippen LogP contribution in [0.4, 0.5) is 0 Å². The Kier molecular flexibility index (Phi) is 4.27. The average molecular weight is 259 g/mol. The zero-order valence-corrected chi connectivity index (χ0v) is 11.9. The summed E-state index contributed by atoms with van der Waals surface area (Å²) >= 11 is 0. The first-order valence-electron chi connectivity index (χ1n) is 6.55. The number of furan rings is 1. The van der Waals surface area contributed by atoms with Gasteiger partial charge in [-0.15, -0.1) is 0 Å². The third-order valence-electron chi connectivity index (χ3n) is 3.33. The van der Waals surface area contributed by atoms with Crippen molar-refractivity contribution in [2.45, 2.75) is 32.9 Å². The van der Waals surface area contributed by atoms with Gasteiger partial charge in [-0.3, -0.25) is 0 Å². The second kappa shape index (κ2) is 5.93. The van der Waals surface area contributed by atoms with Gasteiger partial charge in [0.25, 0.3) is 0 Å². The van der Waals surface area contributed by atoms with Crippen molar-refractivity contribution in [1.29, 1.82) is 0 Å². The summed E-state index contributed by atoms with van der Waals surface area (Å²) in [7, 11) is 1.71. The summed E-state index contributed by atoms with van der Waals surface area (Å²) in [6, 6.07) is 10.5. The van der Waals surface area contributed by atoms with Crippen molar-refractivity contribution in [2.75, 3.05) is 7.11 Å². The quantitative estimate of drug-likeness (QED) is 0.881. The number of benzene rings is 1. The highest BCUT2D eigenvalue weighted by Gasteiger charge is 2.16. The second-order valence-corrected chi connectivity index (χ2v) is 4.87. The number of hydrogen-bond acceptors (Lipinski definition) is 3. The lowest BCUT2D eigenvalue weighted by Gasteiger charge is -2.21. The Morgan fingerprint density at radius 3 is 2.58 bits per heavy atom. The summed E-state index contributed by atoms with van der Waals surface area (Å²) in [5, 5.41) is 3.52. The molecule has 2 rings (SSSR count). The summed E-state index contributed by atoms with van der Waals surface area (Å²) in [4.78, 5) is 0. The van der Waals surface area contributed by atoms with Crippen LogP contribution in [0.2, 0.25) is 0 Å². The Balaban J connectivity index is 2.13. The highest BCUT2D eigenvalue weighted by molar-refractivity contribution is 5.39. The molecule has 0 fully saturated rings. The van der Waals surface area contributed by atoms with E-state index in [-0.39, 0.29) is 12.1 Å². The summed E-state index contributed by atoms with van der Waals surface area (Å²) in [5.41, 5.74) is 2.36. The van der Waals surface area contributed by atoms with Crippen molar-refractivity contribution in [3.8, 4) is 5.75 Å². The van der Waals surface area contributed by atoms with E-state index in [2.05, 4.69) is 44.3 Å². The molecule has 0 saturated carbocycles. The van der Waals surface area contributed by atoms with Gasteiger partial charge in [0, 0.05) is 11.6 Å². The van der Waals surface area contributed by atoms with Gasteiger partial charge >= 0.3 is 0 Å². The van der Waals surface area contributed by atoms with Gasteiger partial charge in [-0.05, 0) is 44.5 Å². The topological polar surface area (TPSA) is 34.4 Å². The van der Waals surface area contributed by atoms with Gasteiger partial charge in [0.2, 0.25) is 0 Å². The summed E-state index contributed by atoms with van der Waals surface area (Å²) < 4.78 is 10.9. The standard InChI is InChI=1S/C16H21NO2/c1-11-7-8-14(16(10-11)18-4)12(2)17-13(3)15-6-5-9-19-15/h5-10,12-13,17H,1-4H3. The molecule has 19 heavy (non-hydrogen) atoms. The molecule has 3 nitrogen and oxygen atoms in total. The fourth-order valence-corrected chi connectivity index (χ4v) is 2.26. The van der Waals surface area contributed by atoms with E-state index in [4.69, 9.17) is 9.15 Å². The van der Waals surface area contributed by atoms with E-state index in [0.717, 1.165) is 17.1 Å². The monoisotopic (exact) mass is 259 g/mol. The molecule has 0 aliphatic carbocycles. The molecule has 3 heteroatoms. The van der Waals surface area contributed by atoms with Crippen LogP contribution in [-0.4, -0.2) is 7.11 Å². The van der Waals surface area contributed by atoms with E-state index in [1.54, 1.807) is 13.4 Å². The SMILES string of the molecule is COc1cc(C)ccc1C(C)NC(C)c1ccco1. The lowest BCUT2D eigenvalue weighted by atomic mass is 10.0. The first-order chi connectivity index (χ1) is 9.11. The number of hydrogen-bond donors (Lipinski definition) is 1. The number of methoxy groups -OCH3 is 1. The normalized spacial score (nSPS) is 14.1. The lowest BCUT2D eigenvalue weighted by molar-refractivity contribution is 0.379. The Morgan fingerprint density at radius 2 is 1.95 bits per heavy atom. The Morgan fingerprint density at radius 1 is 1.16 bits per heavy atom. The smallest absolute Gasteiger partial charge is 0.123 e. The van der Waals surface area contributed by atoms with E-state index in [0.29, 0.717) is 0 Å². The average Bonchev–Trinajstić information content (AvgIpc) is 2.92. The van der Waals surface area contributed by atoms with Crippen molar-refractivity contribution in [3.63, 3.8) is 0 Å². The molecule has 2 aromatic rings. The number of nitrogens with one attached hydrogen (secondary N) is 1. The minimum Gasteiger partial charge on any atom is -0.496 e. The van der Waals surface area contributed by atoms with Gasteiger partial charge in [0.1, 0.15) is 11.5 Å². The molecular weight excluding hydrogens is 238 g/mol. The fourth-order valence-electron chi connectivity index (χ4n) is 2.26. The molecule has 2 unspecified atom stereocenters. The maximum absolute atomic E-state index is 5.46. The molecule has 1 N–H and O–H groups in total. The molecule has 2 atom stereocenters. The van der Waals surface area contributed by atoms with Gasteiger partial charge in [-0.25, -0.2) is 0 Å². The number of aryl methyl sites for hydroxylation is 1. The van der Waals surface area contributed by atoms with Crippen molar-refractivity contribution in [1.82, 2.24) is 5.32 Å². The van der Waals surface area contributed by atoms with Crippen molar-refractivity contribution >= 4 is 0 Å². The first-order valence-corrected chi connectivity index (χ1v) is 6.55. The van der Waals surface area contributed by atoms with Crippen molar-refractivity contribution < 1.29 is 9.15 Å². The highest BCUT2D eigenvalue weighted by atomic mass is 16.5. The number of rotatable bonds is 5. The van der Waals surface area contributed by atoms with Crippen LogP contribution in [0.25, 0.3) is 0 Å². The molecular formula is C16H21NO2. The maximum atomic E-state index is 5.46. The third kappa shape index (κ3) is 3.18. The Labute approximate surface area is 114 Å². The molecule has 0 aliphatic rings. The molecule has 1 aromatic heterocycles. The molecule has 0 amide bonds. The zero-order chi connectivity index (χ0) is 13.8. The van der Waals surface area contributed by atoms with Crippen LogP contribution >= 0.6 is 0 Å². The highest BCUT2D eigenvalue weighted by Crippen LogP contribution is 2.28. The third-order valence-corrected chi connectivity index (χ3v) is 3.33. The van der Waals surface area contributed by atoms with Crippen LogP contribution in [0.15, 0.2) is 41.0 Å². The first kappa shape index (κ1) is 13.7. The fraction of sp³-hybridized carbons (Fsp3) is 0.375. The van der Waals surface area contributed by atoms with Crippen molar-refractivity contribution in [2.24, 2.45) is 0 Å². The van der Waals surface area contributed by atoms with Gasteiger partial charge in [0.05, 0.1) is 19.4 Å². The van der Waals surface area contributed by atoms with Crippen LogP contribution < -0.4 is 10.1 Å². The molecule has 0 aliphatic heterocycles. The lowest BCUT2D eigenvalue weighted by Crippen LogP contribution is -2.22. The second-order valence-electron chi connectivity index (χ2n) is 4.87. The molecule has 102 valence electrons. The summed E-state index contributed by atoms with van der Waals surface area (Å²) in [6.45, 7) is 6.29. The van der Waals surface area contributed by atoms with Gasteiger partial charge < -0.3 is 14.5 Å². The van der Waals surface area contributed by atoms with E-state index in [1.165, 1.54) is 5.56 Å². The van der Waals surface area contributed by atoms with E-state index in [9.17, 15) is 0 Å². The Bertz CT molecular complexity index is 520. The van der Waals surface area contributed by atoms with Gasteiger partial charge in [0.15, 0.2) is 0 Å². The van der Waals surface area contributed by atoms with Gasteiger partial charge in [-0.2, -0.15) is 0 Å². The van der Waals surface area contributed by atoms with Crippen LogP contribution in [-0.2, 0) is 0 Å². The predicted molar refractivity (Wildman–Crippen MR) is 76.4 cm³/mol. The van der Waals surface area contributed by atoms with Crippen LogP contribution in [0.3, 0.4) is 0 Å².